The highest BCUT2D eigenvalue weighted by Gasteiger charge is 2.30. The van der Waals surface area contributed by atoms with Crippen molar-refractivity contribution in [1.82, 2.24) is 15.2 Å². The molecule has 4 nitrogen and oxygen atoms in total. The molecule has 1 aromatic carbocycles. The second-order valence-electron chi connectivity index (χ2n) is 3.73. The van der Waals surface area contributed by atoms with E-state index in [1.54, 1.807) is 6.07 Å². The summed E-state index contributed by atoms with van der Waals surface area (Å²) in [7, 11) is 0. The molecule has 0 aliphatic heterocycles. The van der Waals surface area contributed by atoms with Crippen LogP contribution in [0.1, 0.15) is 5.56 Å². The molecule has 0 spiro atoms. The Morgan fingerprint density at radius 1 is 1.20 bits per heavy atom. The number of nitrogens with zero attached hydrogens (tertiary/aromatic N) is 2. The van der Waals surface area contributed by atoms with Crippen LogP contribution >= 0.6 is 23.5 Å². The van der Waals surface area contributed by atoms with Gasteiger partial charge in [-0.05, 0) is 18.2 Å². The average molecular weight is 320 g/mol. The third kappa shape index (κ3) is 4.34. The van der Waals surface area contributed by atoms with Crippen LogP contribution in [-0.2, 0) is 6.18 Å². The third-order valence-electron chi connectivity index (χ3n) is 2.23. The van der Waals surface area contributed by atoms with Crippen LogP contribution in [0.15, 0.2) is 34.3 Å². The van der Waals surface area contributed by atoms with Crippen LogP contribution < -0.4 is 5.73 Å². The molecule has 0 aliphatic carbocycles. The number of hydrogen-bond acceptors (Lipinski definition) is 5. The lowest BCUT2D eigenvalue weighted by Gasteiger charge is -2.08. The first kappa shape index (κ1) is 15.0. The summed E-state index contributed by atoms with van der Waals surface area (Å²) in [6.45, 7) is 0. The highest BCUT2D eigenvalue weighted by atomic mass is 32.2. The fourth-order valence-electron chi connectivity index (χ4n) is 1.38. The van der Waals surface area contributed by atoms with Crippen molar-refractivity contribution in [3.63, 3.8) is 0 Å². The predicted octanol–water partition coefficient (Wildman–Crippen LogP) is 3.29. The Labute approximate surface area is 121 Å². The second kappa shape index (κ2) is 6.40. The molecular formula is C11H11F3N4S2. The van der Waals surface area contributed by atoms with Crippen molar-refractivity contribution in [3.05, 3.63) is 29.8 Å². The van der Waals surface area contributed by atoms with Crippen LogP contribution in [0.4, 0.5) is 19.1 Å². The first-order chi connectivity index (χ1) is 9.45. The van der Waals surface area contributed by atoms with E-state index in [0.717, 1.165) is 12.1 Å². The van der Waals surface area contributed by atoms with Crippen LogP contribution in [0, 0.1) is 0 Å². The average Bonchev–Trinajstić information content (AvgIpc) is 2.80. The van der Waals surface area contributed by atoms with Gasteiger partial charge in [0.1, 0.15) is 0 Å². The van der Waals surface area contributed by atoms with Gasteiger partial charge in [-0.15, -0.1) is 16.9 Å². The predicted molar refractivity (Wildman–Crippen MR) is 73.7 cm³/mol. The van der Waals surface area contributed by atoms with E-state index in [-0.39, 0.29) is 5.95 Å². The Morgan fingerprint density at radius 3 is 2.60 bits per heavy atom. The zero-order valence-electron chi connectivity index (χ0n) is 10.1. The van der Waals surface area contributed by atoms with Crippen LogP contribution in [0.25, 0.3) is 0 Å². The Balaban J connectivity index is 1.82. The molecule has 108 valence electrons. The van der Waals surface area contributed by atoms with Crippen LogP contribution in [0.2, 0.25) is 0 Å². The second-order valence-corrected chi connectivity index (χ2v) is 5.96. The van der Waals surface area contributed by atoms with Gasteiger partial charge >= 0.3 is 6.18 Å². The first-order valence-corrected chi connectivity index (χ1v) is 7.53. The Bertz CT molecular complexity index is 571. The summed E-state index contributed by atoms with van der Waals surface area (Å²) < 4.78 is 37.6. The monoisotopic (exact) mass is 320 g/mol. The largest absolute Gasteiger partial charge is 0.416 e. The molecule has 20 heavy (non-hydrogen) atoms. The molecule has 0 unspecified atom stereocenters. The molecule has 0 fully saturated rings. The number of H-pyrrole nitrogens is 1. The van der Waals surface area contributed by atoms with Gasteiger partial charge in [-0.3, -0.25) is 0 Å². The molecule has 0 aliphatic rings. The fraction of sp³-hybridized carbons (Fsp3) is 0.273. The van der Waals surface area contributed by atoms with Gasteiger partial charge < -0.3 is 5.73 Å². The zero-order chi connectivity index (χ0) is 14.6. The SMILES string of the molecule is Nc1nc(SCCSc2cccc(C(F)(F)F)c2)n[nH]1. The Kier molecular flexibility index (Phi) is 4.81. The number of halogens is 3. The number of nitrogen functional groups attached to an aromatic ring is 1. The van der Waals surface area contributed by atoms with Crippen molar-refractivity contribution in [2.24, 2.45) is 0 Å². The smallest absolute Gasteiger partial charge is 0.368 e. The van der Waals surface area contributed by atoms with E-state index in [1.807, 2.05) is 0 Å². The number of thioether (sulfide) groups is 2. The minimum atomic E-state index is -4.30. The maximum Gasteiger partial charge on any atom is 0.416 e. The molecule has 9 heteroatoms. The number of nitrogens with one attached hydrogen (secondary N) is 1. The number of anilines is 1. The lowest BCUT2D eigenvalue weighted by atomic mass is 10.2. The maximum absolute atomic E-state index is 12.5. The van der Waals surface area contributed by atoms with Gasteiger partial charge in [0.25, 0.3) is 0 Å². The number of hydrogen-bond donors (Lipinski definition) is 2. The first-order valence-electron chi connectivity index (χ1n) is 5.56. The number of benzene rings is 1. The van der Waals surface area contributed by atoms with E-state index in [1.165, 1.54) is 29.6 Å². The van der Waals surface area contributed by atoms with Crippen LogP contribution in [-0.4, -0.2) is 26.7 Å². The molecule has 0 saturated heterocycles. The number of alkyl halides is 3. The molecule has 0 bridgehead atoms. The van der Waals surface area contributed by atoms with Gasteiger partial charge in [0.2, 0.25) is 11.1 Å². The zero-order valence-corrected chi connectivity index (χ0v) is 11.8. The van der Waals surface area contributed by atoms with E-state index in [9.17, 15) is 13.2 Å². The summed E-state index contributed by atoms with van der Waals surface area (Å²) in [6, 6.07) is 5.29. The van der Waals surface area contributed by atoms with Gasteiger partial charge in [0.15, 0.2) is 0 Å². The lowest BCUT2D eigenvalue weighted by molar-refractivity contribution is -0.137. The van der Waals surface area contributed by atoms with E-state index in [2.05, 4.69) is 15.2 Å². The lowest BCUT2D eigenvalue weighted by Crippen LogP contribution is -2.04. The summed E-state index contributed by atoms with van der Waals surface area (Å²) in [6.07, 6.45) is -4.30. The highest BCUT2D eigenvalue weighted by molar-refractivity contribution is 8.02. The molecule has 1 aromatic heterocycles. The van der Waals surface area contributed by atoms with Crippen LogP contribution in [0.3, 0.4) is 0 Å². The minimum Gasteiger partial charge on any atom is -0.368 e. The third-order valence-corrected chi connectivity index (χ3v) is 4.33. The van der Waals surface area contributed by atoms with Crippen molar-refractivity contribution in [3.8, 4) is 0 Å². The van der Waals surface area contributed by atoms with Crippen molar-refractivity contribution < 1.29 is 13.2 Å². The molecule has 2 rings (SSSR count). The summed E-state index contributed by atoms with van der Waals surface area (Å²) in [5.74, 6) is 1.58. The van der Waals surface area contributed by atoms with E-state index in [0.29, 0.717) is 21.6 Å². The number of nitrogens with two attached hydrogens (primary N) is 1. The summed E-state index contributed by atoms with van der Waals surface area (Å²) in [4.78, 5) is 4.51. The molecule has 0 amide bonds. The Morgan fingerprint density at radius 2 is 1.95 bits per heavy atom. The summed E-state index contributed by atoms with van der Waals surface area (Å²) >= 11 is 2.75. The summed E-state index contributed by atoms with van der Waals surface area (Å²) in [5, 5.41) is 6.90. The molecule has 1 heterocycles. The van der Waals surface area contributed by atoms with E-state index in [4.69, 9.17) is 5.73 Å². The standard InChI is InChI=1S/C11H11F3N4S2/c12-11(13,14)7-2-1-3-8(6-7)19-4-5-20-10-16-9(15)17-18-10/h1-3,6H,4-5H2,(H3,15,16,17,18). The molecule has 2 aromatic rings. The van der Waals surface area contributed by atoms with E-state index < -0.39 is 11.7 Å². The van der Waals surface area contributed by atoms with Crippen molar-refractivity contribution in [2.75, 3.05) is 17.2 Å². The number of aromatic nitrogens is 3. The number of aromatic amines is 1. The van der Waals surface area contributed by atoms with Crippen molar-refractivity contribution in [2.45, 2.75) is 16.2 Å². The van der Waals surface area contributed by atoms with Gasteiger partial charge in [0.05, 0.1) is 5.56 Å². The van der Waals surface area contributed by atoms with Crippen molar-refractivity contribution in [1.29, 1.82) is 0 Å². The van der Waals surface area contributed by atoms with Gasteiger partial charge in [0, 0.05) is 16.4 Å². The molecule has 0 saturated carbocycles. The minimum absolute atomic E-state index is 0.248. The fourth-order valence-corrected chi connectivity index (χ4v) is 3.12. The van der Waals surface area contributed by atoms with Gasteiger partial charge in [-0.25, -0.2) is 5.10 Å². The van der Waals surface area contributed by atoms with Crippen molar-refractivity contribution >= 4 is 29.5 Å². The molecular weight excluding hydrogens is 309 g/mol. The molecule has 0 radical (unpaired) electrons. The van der Waals surface area contributed by atoms with Gasteiger partial charge in [-0.2, -0.15) is 18.2 Å². The Hall–Kier alpha value is -1.35. The topological polar surface area (TPSA) is 67.6 Å². The molecule has 0 atom stereocenters. The highest BCUT2D eigenvalue weighted by Crippen LogP contribution is 2.32. The van der Waals surface area contributed by atoms with E-state index >= 15 is 0 Å². The number of rotatable bonds is 5. The maximum atomic E-state index is 12.5. The normalized spacial score (nSPS) is 11.8. The molecule has 3 N–H and O–H groups in total. The van der Waals surface area contributed by atoms with Crippen LogP contribution in [0.5, 0.6) is 0 Å². The summed E-state index contributed by atoms with van der Waals surface area (Å²) in [5.41, 5.74) is 4.75. The van der Waals surface area contributed by atoms with Gasteiger partial charge in [-0.1, -0.05) is 17.8 Å². The quantitative estimate of drug-likeness (QED) is 0.653.